The van der Waals surface area contributed by atoms with Crippen molar-refractivity contribution in [2.24, 2.45) is 0 Å². The third-order valence-corrected chi connectivity index (χ3v) is 3.97. The minimum Gasteiger partial charge on any atom is -0.384 e. The summed E-state index contributed by atoms with van der Waals surface area (Å²) >= 11 is 9.21. The second kappa shape index (κ2) is 3.47. The Morgan fingerprint density at radius 1 is 1.71 bits per heavy atom. The minimum absolute atomic E-state index is 0.615. The van der Waals surface area contributed by atoms with Crippen molar-refractivity contribution < 1.29 is 5.11 Å². The molecule has 1 unspecified atom stereocenters. The highest BCUT2D eigenvalue weighted by Gasteiger charge is 2.37. The lowest BCUT2D eigenvalue weighted by Gasteiger charge is -2.20. The van der Waals surface area contributed by atoms with Gasteiger partial charge in [-0.25, -0.2) is 4.98 Å². The van der Waals surface area contributed by atoms with Gasteiger partial charge in [-0.1, -0.05) is 18.5 Å². The van der Waals surface area contributed by atoms with E-state index in [4.69, 9.17) is 11.6 Å². The fourth-order valence-electron chi connectivity index (χ4n) is 1.90. The number of nitrogens with zero attached hydrogens (tertiary/aromatic N) is 1. The van der Waals surface area contributed by atoms with Gasteiger partial charge in [-0.15, -0.1) is 0 Å². The molecule has 0 fully saturated rings. The summed E-state index contributed by atoms with van der Waals surface area (Å²) in [5, 5.41) is 10.9. The molecule has 0 aliphatic heterocycles. The Kier molecular flexibility index (Phi) is 2.58. The molecule has 76 valence electrons. The topological polar surface area (TPSA) is 33.1 Å². The van der Waals surface area contributed by atoms with Gasteiger partial charge in [0, 0.05) is 0 Å². The molecule has 2 rings (SSSR count). The molecule has 0 amide bonds. The Bertz CT molecular complexity index is 383. The number of rotatable bonds is 1. The number of fused-ring (bicyclic) bond motifs is 1. The van der Waals surface area contributed by atoms with Crippen molar-refractivity contribution in [1.29, 1.82) is 0 Å². The summed E-state index contributed by atoms with van der Waals surface area (Å²) < 4.78 is 0.617. The van der Waals surface area contributed by atoms with Crippen LogP contribution < -0.4 is 0 Å². The summed E-state index contributed by atoms with van der Waals surface area (Å²) in [6, 6.07) is 1.89. The summed E-state index contributed by atoms with van der Waals surface area (Å²) in [5.74, 6) is 0. The van der Waals surface area contributed by atoms with Crippen LogP contribution in [0.2, 0.25) is 5.02 Å². The first-order chi connectivity index (χ1) is 6.57. The summed E-state index contributed by atoms with van der Waals surface area (Å²) in [4.78, 5) is 4.31. The van der Waals surface area contributed by atoms with Crippen LogP contribution in [-0.2, 0) is 12.0 Å². The van der Waals surface area contributed by atoms with E-state index in [1.54, 1.807) is 0 Å². The third kappa shape index (κ3) is 1.47. The summed E-state index contributed by atoms with van der Waals surface area (Å²) in [6.45, 7) is 1.97. The molecule has 0 spiro atoms. The molecule has 14 heavy (non-hydrogen) atoms. The number of aliphatic hydroxyl groups is 1. The molecule has 4 heteroatoms. The van der Waals surface area contributed by atoms with E-state index in [1.807, 2.05) is 13.0 Å². The van der Waals surface area contributed by atoms with Crippen LogP contribution >= 0.6 is 27.5 Å². The molecule has 1 aliphatic rings. The van der Waals surface area contributed by atoms with E-state index in [0.717, 1.165) is 24.1 Å². The molecule has 2 nitrogen and oxygen atoms in total. The number of hydrogen-bond donors (Lipinski definition) is 1. The molecular weight excluding hydrogens is 265 g/mol. The molecule has 0 bridgehead atoms. The fourth-order valence-corrected chi connectivity index (χ4v) is 2.37. The summed E-state index contributed by atoms with van der Waals surface area (Å²) in [5.41, 5.74) is 1.11. The Morgan fingerprint density at radius 2 is 2.43 bits per heavy atom. The van der Waals surface area contributed by atoms with Crippen LogP contribution in [-0.4, -0.2) is 10.1 Å². The first-order valence-corrected chi connectivity index (χ1v) is 5.81. The van der Waals surface area contributed by atoms with Crippen LogP contribution in [0.4, 0.5) is 0 Å². The Labute approximate surface area is 96.4 Å². The predicted octanol–water partition coefficient (Wildman–Crippen LogP) is 3.04. The van der Waals surface area contributed by atoms with Crippen LogP contribution in [0.1, 0.15) is 31.0 Å². The van der Waals surface area contributed by atoms with E-state index in [1.165, 1.54) is 0 Å². The zero-order valence-corrected chi connectivity index (χ0v) is 10.2. The maximum atomic E-state index is 10.2. The number of halogens is 2. The van der Waals surface area contributed by atoms with Crippen LogP contribution in [0.25, 0.3) is 0 Å². The molecule has 1 aromatic heterocycles. The first-order valence-electron chi connectivity index (χ1n) is 4.64. The van der Waals surface area contributed by atoms with Crippen LogP contribution in [0.3, 0.4) is 0 Å². The van der Waals surface area contributed by atoms with Gasteiger partial charge in [0.25, 0.3) is 0 Å². The predicted molar refractivity (Wildman–Crippen MR) is 59.5 cm³/mol. The highest BCUT2D eigenvalue weighted by Crippen LogP contribution is 2.40. The van der Waals surface area contributed by atoms with Crippen molar-refractivity contribution in [2.75, 3.05) is 0 Å². The van der Waals surface area contributed by atoms with Crippen LogP contribution in [0.5, 0.6) is 0 Å². The lowest BCUT2D eigenvalue weighted by molar-refractivity contribution is 0.0305. The van der Waals surface area contributed by atoms with E-state index in [0.29, 0.717) is 16.0 Å². The van der Waals surface area contributed by atoms with Crippen molar-refractivity contribution >= 4 is 27.5 Å². The molecule has 1 atom stereocenters. The van der Waals surface area contributed by atoms with Gasteiger partial charge in [-0.2, -0.15) is 0 Å². The first kappa shape index (κ1) is 10.4. The molecule has 0 saturated carbocycles. The summed E-state index contributed by atoms with van der Waals surface area (Å²) in [7, 11) is 0. The van der Waals surface area contributed by atoms with E-state index in [2.05, 4.69) is 20.9 Å². The van der Waals surface area contributed by atoms with Gasteiger partial charge in [0.1, 0.15) is 10.2 Å². The number of hydrogen-bond acceptors (Lipinski definition) is 2. The van der Waals surface area contributed by atoms with Gasteiger partial charge in [0.15, 0.2) is 0 Å². The van der Waals surface area contributed by atoms with Gasteiger partial charge in [0.2, 0.25) is 0 Å². The van der Waals surface area contributed by atoms with Gasteiger partial charge in [-0.3, -0.25) is 0 Å². The molecule has 1 heterocycles. The van der Waals surface area contributed by atoms with Crippen molar-refractivity contribution in [2.45, 2.75) is 31.8 Å². The number of aromatic nitrogens is 1. The normalized spacial score (nSPS) is 25.1. The SMILES string of the molecule is CCC1(O)CCc2cc(Cl)c(Br)nc21. The molecule has 0 radical (unpaired) electrons. The highest BCUT2D eigenvalue weighted by molar-refractivity contribution is 9.10. The Morgan fingerprint density at radius 3 is 3.07 bits per heavy atom. The van der Waals surface area contributed by atoms with E-state index in [-0.39, 0.29) is 0 Å². The highest BCUT2D eigenvalue weighted by atomic mass is 79.9. The van der Waals surface area contributed by atoms with Crippen molar-refractivity contribution in [3.05, 3.63) is 26.9 Å². The van der Waals surface area contributed by atoms with Gasteiger partial charge < -0.3 is 5.11 Å². The molecular formula is C10H11BrClNO. The lowest BCUT2D eigenvalue weighted by Crippen LogP contribution is -2.22. The average Bonchev–Trinajstić information content (AvgIpc) is 2.47. The lowest BCUT2D eigenvalue weighted by atomic mass is 9.98. The standard InChI is InChI=1S/C10H11BrClNO/c1-2-10(14)4-3-6-5-7(12)9(11)13-8(6)10/h5,14H,2-4H2,1H3. The Hall–Kier alpha value is -0.120. The second-order valence-electron chi connectivity index (χ2n) is 3.65. The molecule has 0 aromatic carbocycles. The number of aryl methyl sites for hydroxylation is 1. The number of pyridine rings is 1. The van der Waals surface area contributed by atoms with E-state index >= 15 is 0 Å². The molecule has 1 aliphatic carbocycles. The largest absolute Gasteiger partial charge is 0.384 e. The van der Waals surface area contributed by atoms with Gasteiger partial charge >= 0.3 is 0 Å². The van der Waals surface area contributed by atoms with Crippen LogP contribution in [0, 0.1) is 0 Å². The van der Waals surface area contributed by atoms with Crippen molar-refractivity contribution in [3.63, 3.8) is 0 Å². The Balaban J connectivity index is 2.56. The summed E-state index contributed by atoms with van der Waals surface area (Å²) in [6.07, 6.45) is 2.30. The van der Waals surface area contributed by atoms with Crippen molar-refractivity contribution in [1.82, 2.24) is 4.98 Å². The molecule has 0 saturated heterocycles. The van der Waals surface area contributed by atoms with Gasteiger partial charge in [0.05, 0.1) is 10.7 Å². The van der Waals surface area contributed by atoms with Crippen molar-refractivity contribution in [3.8, 4) is 0 Å². The third-order valence-electron chi connectivity index (χ3n) is 2.85. The van der Waals surface area contributed by atoms with E-state index < -0.39 is 5.60 Å². The maximum absolute atomic E-state index is 10.2. The quantitative estimate of drug-likeness (QED) is 0.800. The monoisotopic (exact) mass is 275 g/mol. The molecule has 1 N–H and O–H groups in total. The average molecular weight is 277 g/mol. The van der Waals surface area contributed by atoms with E-state index in [9.17, 15) is 5.11 Å². The molecule has 1 aromatic rings. The maximum Gasteiger partial charge on any atom is 0.125 e. The van der Waals surface area contributed by atoms with Gasteiger partial charge in [-0.05, 0) is 46.8 Å². The zero-order valence-electron chi connectivity index (χ0n) is 7.85. The fraction of sp³-hybridized carbons (Fsp3) is 0.500. The van der Waals surface area contributed by atoms with Crippen LogP contribution in [0.15, 0.2) is 10.7 Å². The second-order valence-corrected chi connectivity index (χ2v) is 4.81. The minimum atomic E-state index is -0.748. The smallest absolute Gasteiger partial charge is 0.125 e. The zero-order chi connectivity index (χ0) is 10.3.